The van der Waals surface area contributed by atoms with Crippen LogP contribution >= 0.6 is 9.47 Å². The topological polar surface area (TPSA) is 52.3 Å². The van der Waals surface area contributed by atoms with Gasteiger partial charge < -0.3 is 10.3 Å². The molecule has 0 saturated heterocycles. The Labute approximate surface area is 50.2 Å². The van der Waals surface area contributed by atoms with E-state index in [1.54, 1.807) is 0 Å². The molecule has 1 atom stereocenters. The van der Waals surface area contributed by atoms with Crippen molar-refractivity contribution in [2.24, 2.45) is 5.73 Å². The maximum Gasteiger partial charge on any atom is 0.189 e. The van der Waals surface area contributed by atoms with E-state index < -0.39 is 0 Å². The van der Waals surface area contributed by atoms with Crippen molar-refractivity contribution in [1.29, 1.82) is 0 Å². The van der Waals surface area contributed by atoms with E-state index in [-0.39, 0.29) is 11.7 Å². The maximum absolute atomic E-state index is 10.2. The lowest BCUT2D eigenvalue weighted by molar-refractivity contribution is -0.112. The fourth-order valence-corrected chi connectivity index (χ4v) is 0.302. The molecule has 0 heterocycles. The molecule has 46 valence electrons. The molecule has 0 aromatic heterocycles. The molecule has 0 fully saturated rings. The molecule has 0 aromatic carbocycles. The summed E-state index contributed by atoms with van der Waals surface area (Å²) in [6.45, 7) is 1.40. The molecule has 1 unspecified atom stereocenters. The van der Waals surface area contributed by atoms with Crippen LogP contribution in [0.3, 0.4) is 0 Å². The van der Waals surface area contributed by atoms with E-state index in [0.29, 0.717) is 0 Å². The molecule has 0 spiro atoms. The zero-order valence-electron chi connectivity index (χ0n) is 4.55. The number of allylic oxidation sites excluding steroid dienone is 1. The summed E-state index contributed by atoms with van der Waals surface area (Å²) in [6, 6.07) is 0. The number of ketones is 1. The first-order chi connectivity index (χ1) is 3.66. The monoisotopic (exact) mass is 133 g/mol. The van der Waals surface area contributed by atoms with Gasteiger partial charge in [0.2, 0.25) is 0 Å². The first kappa shape index (κ1) is 7.44. The largest absolute Gasteiger partial charge is 0.465 e. The van der Waals surface area contributed by atoms with E-state index in [4.69, 9.17) is 5.73 Å². The molecule has 0 aliphatic heterocycles. The average Bonchev–Trinajstić information content (AvgIpc) is 1.65. The molecule has 0 aliphatic carbocycles. The van der Waals surface area contributed by atoms with Gasteiger partial charge in [0.15, 0.2) is 11.7 Å². The number of carbonyl (C=O) groups excluding carboxylic acids is 1. The fourth-order valence-electron chi connectivity index (χ4n) is 0.234. The molecule has 0 amide bonds. The number of hydrogen-bond donors (Lipinski definition) is 1. The quantitative estimate of drug-likeness (QED) is 0.332. The Morgan fingerprint density at radius 3 is 2.50 bits per heavy atom. The van der Waals surface area contributed by atoms with Crippen LogP contribution in [0.25, 0.3) is 0 Å². The summed E-state index contributed by atoms with van der Waals surface area (Å²) in [6.07, 6.45) is 1.20. The summed E-state index contributed by atoms with van der Waals surface area (Å²) in [5.74, 6) is -0.00699. The van der Waals surface area contributed by atoms with Crippen LogP contribution in [0.5, 0.6) is 0 Å². The molecule has 0 rings (SSSR count). The van der Waals surface area contributed by atoms with Gasteiger partial charge in [0, 0.05) is 6.08 Å². The van der Waals surface area contributed by atoms with Crippen molar-refractivity contribution < 1.29 is 9.32 Å². The van der Waals surface area contributed by atoms with Crippen molar-refractivity contribution in [2.45, 2.75) is 6.92 Å². The Morgan fingerprint density at radius 2 is 2.38 bits per heavy atom. The van der Waals surface area contributed by atoms with Crippen LogP contribution in [0.1, 0.15) is 6.92 Å². The number of carbonyl (C=O) groups is 1. The van der Waals surface area contributed by atoms with Gasteiger partial charge in [0.1, 0.15) is 0 Å². The normalized spacial score (nSPS) is 11.0. The van der Waals surface area contributed by atoms with E-state index in [2.05, 4.69) is 4.52 Å². The third-order valence-corrected chi connectivity index (χ3v) is 0.754. The maximum atomic E-state index is 10.2. The molecule has 2 N–H and O–H groups in total. The van der Waals surface area contributed by atoms with Crippen LogP contribution in [0, 0.1) is 0 Å². The highest BCUT2D eigenvalue weighted by Crippen LogP contribution is 1.93. The predicted octanol–water partition coefficient (Wildman–Crippen LogP) is 0.182. The van der Waals surface area contributed by atoms with Gasteiger partial charge in [0.05, 0.1) is 9.47 Å². The van der Waals surface area contributed by atoms with Crippen molar-refractivity contribution >= 4 is 15.2 Å². The second-order valence-electron chi connectivity index (χ2n) is 1.28. The first-order valence-electron chi connectivity index (χ1n) is 2.01. The van der Waals surface area contributed by atoms with Crippen molar-refractivity contribution in [1.82, 2.24) is 0 Å². The average molecular weight is 133 g/mol. The van der Waals surface area contributed by atoms with Crippen LogP contribution in [-0.4, -0.2) is 5.78 Å². The van der Waals surface area contributed by atoms with E-state index in [1.807, 2.05) is 9.47 Å². The SMILES string of the molecule is CC(=O)/C=C(\N)OP. The van der Waals surface area contributed by atoms with E-state index in [9.17, 15) is 4.79 Å². The minimum atomic E-state index is -0.120. The van der Waals surface area contributed by atoms with E-state index >= 15 is 0 Å². The highest BCUT2D eigenvalue weighted by molar-refractivity contribution is 7.10. The molecule has 0 bridgehead atoms. The summed E-state index contributed by atoms with van der Waals surface area (Å²) in [5, 5.41) is 0. The van der Waals surface area contributed by atoms with Gasteiger partial charge in [-0.15, -0.1) is 0 Å². The van der Waals surface area contributed by atoms with Crippen LogP contribution in [0.15, 0.2) is 12.0 Å². The lowest BCUT2D eigenvalue weighted by Gasteiger charge is -1.92. The fraction of sp³-hybridized carbons (Fsp3) is 0.250. The number of nitrogens with two attached hydrogens (primary N) is 1. The van der Waals surface area contributed by atoms with Crippen molar-refractivity contribution in [3.63, 3.8) is 0 Å². The molecule has 4 heteroatoms. The van der Waals surface area contributed by atoms with Gasteiger partial charge in [0.25, 0.3) is 0 Å². The summed E-state index contributed by atoms with van der Waals surface area (Å²) in [7, 11) is 1.94. The minimum absolute atomic E-state index is 0.113. The van der Waals surface area contributed by atoms with Gasteiger partial charge in [-0.25, -0.2) is 0 Å². The second kappa shape index (κ2) is 3.44. The Bertz CT molecular complexity index is 121. The summed E-state index contributed by atoms with van der Waals surface area (Å²) in [5.41, 5.74) is 5.07. The van der Waals surface area contributed by atoms with Crippen LogP contribution in [0.4, 0.5) is 0 Å². The van der Waals surface area contributed by atoms with Crippen LogP contribution in [-0.2, 0) is 9.32 Å². The highest BCUT2D eigenvalue weighted by Gasteiger charge is 1.87. The van der Waals surface area contributed by atoms with Crippen LogP contribution in [0.2, 0.25) is 0 Å². The first-order valence-corrected chi connectivity index (χ1v) is 2.48. The third kappa shape index (κ3) is 3.62. The molecule has 0 radical (unpaired) electrons. The predicted molar refractivity (Wildman–Crippen MR) is 33.7 cm³/mol. The molecule has 0 aliphatic rings. The zero-order valence-corrected chi connectivity index (χ0v) is 5.70. The highest BCUT2D eigenvalue weighted by atomic mass is 31.0. The van der Waals surface area contributed by atoms with Gasteiger partial charge in [-0.2, -0.15) is 0 Å². The molecule has 3 nitrogen and oxygen atoms in total. The van der Waals surface area contributed by atoms with Crippen molar-refractivity contribution in [3.05, 3.63) is 12.0 Å². The Morgan fingerprint density at radius 1 is 1.88 bits per heavy atom. The van der Waals surface area contributed by atoms with Gasteiger partial charge in [-0.3, -0.25) is 4.79 Å². The zero-order chi connectivity index (χ0) is 6.57. The molecule has 0 saturated carbocycles. The van der Waals surface area contributed by atoms with Gasteiger partial charge >= 0.3 is 0 Å². The Kier molecular flexibility index (Phi) is 3.20. The molecule has 0 aromatic rings. The summed E-state index contributed by atoms with van der Waals surface area (Å²) in [4.78, 5) is 10.2. The summed E-state index contributed by atoms with van der Waals surface area (Å²) < 4.78 is 4.40. The lowest BCUT2D eigenvalue weighted by atomic mass is 10.4. The molecular weight excluding hydrogens is 125 g/mol. The number of rotatable bonds is 2. The smallest absolute Gasteiger partial charge is 0.189 e. The summed E-state index contributed by atoms with van der Waals surface area (Å²) >= 11 is 0. The second-order valence-corrected chi connectivity index (χ2v) is 1.51. The van der Waals surface area contributed by atoms with Gasteiger partial charge in [-0.05, 0) is 6.92 Å². The van der Waals surface area contributed by atoms with Crippen molar-refractivity contribution in [2.75, 3.05) is 0 Å². The Balaban J connectivity index is 3.75. The Hall–Kier alpha value is -0.560. The standard InChI is InChI=1S/C4H8NO2P/c1-3(6)2-4(5)7-8/h2H,5,8H2,1H3/b4-2+. The van der Waals surface area contributed by atoms with E-state index in [0.717, 1.165) is 0 Å². The molecule has 8 heavy (non-hydrogen) atoms. The third-order valence-electron chi connectivity index (χ3n) is 0.482. The van der Waals surface area contributed by atoms with Crippen LogP contribution < -0.4 is 5.73 Å². The molecular formula is C4H8NO2P. The minimum Gasteiger partial charge on any atom is -0.465 e. The lowest BCUT2D eigenvalue weighted by Crippen LogP contribution is -1.98. The number of hydrogen-bond acceptors (Lipinski definition) is 3. The van der Waals surface area contributed by atoms with Gasteiger partial charge in [-0.1, -0.05) is 0 Å². The van der Waals surface area contributed by atoms with E-state index in [1.165, 1.54) is 13.0 Å². The van der Waals surface area contributed by atoms with Crippen molar-refractivity contribution in [3.8, 4) is 0 Å².